The maximum Gasteiger partial charge on any atom is 0.312 e. The number of hydrogen-bond donors (Lipinski definition) is 5. The Balaban J connectivity index is 1.66. The molecular weight excluding hydrogens is 865 g/mol. The summed E-state index contributed by atoms with van der Waals surface area (Å²) in [6, 6.07) is 0. The summed E-state index contributed by atoms with van der Waals surface area (Å²) < 4.78 is 24.4. The van der Waals surface area contributed by atoms with E-state index in [0.29, 0.717) is 19.6 Å². The highest BCUT2D eigenvalue weighted by Gasteiger charge is 2.49. The number of piperazine rings is 1. The van der Waals surface area contributed by atoms with E-state index in [-0.39, 0.29) is 39.1 Å². The number of aliphatic hydroxyl groups excluding tert-OH is 2. The summed E-state index contributed by atoms with van der Waals surface area (Å²) in [7, 11) is 2.03. The van der Waals surface area contributed by atoms with Crippen molar-refractivity contribution in [1.29, 1.82) is 0 Å². The minimum Gasteiger partial charge on any atom is -0.872 e. The van der Waals surface area contributed by atoms with Gasteiger partial charge in [0.1, 0.15) is 38.0 Å². The predicted octanol–water partition coefficient (Wildman–Crippen LogP) is 5.10. The van der Waals surface area contributed by atoms with E-state index >= 15 is 0 Å². The van der Waals surface area contributed by atoms with Crippen molar-refractivity contribution >= 4 is 48.4 Å². The number of hydrogen-bond acceptors (Lipinski definition) is 14. The Bertz CT molecular complexity index is 2390. The first kappa shape index (κ1) is 51.6. The molecular formula is C49H68N4O12Si. The van der Waals surface area contributed by atoms with E-state index in [0.717, 1.165) is 17.6 Å². The second-order valence-corrected chi connectivity index (χ2v) is 24.3. The number of hydrazone groups is 1. The number of carbonyl (C=O) groups is 3. The molecule has 0 saturated carbocycles. The molecule has 0 aliphatic carbocycles. The lowest BCUT2D eigenvalue weighted by atomic mass is 9.78. The number of benzene rings is 2. The number of aromatic hydroxyl groups is 2. The van der Waals surface area contributed by atoms with E-state index < -0.39 is 102 Å². The number of nitrogens with zero attached hydrogens (tertiary/aromatic N) is 3. The number of amides is 1. The lowest BCUT2D eigenvalue weighted by molar-refractivity contribution is -0.906. The highest BCUT2D eigenvalue weighted by Crippen LogP contribution is 2.54. The molecule has 66 heavy (non-hydrogen) atoms. The molecule has 2 aromatic rings. The van der Waals surface area contributed by atoms with Crippen LogP contribution in [0.5, 0.6) is 23.0 Å². The molecule has 1 saturated heterocycles. The number of ketones is 1. The normalized spacial score (nSPS) is 30.5. The Labute approximate surface area is 389 Å². The fourth-order valence-corrected chi connectivity index (χ4v) is 9.31. The Morgan fingerprint density at radius 3 is 2.30 bits per heavy atom. The number of phenols is 2. The van der Waals surface area contributed by atoms with Crippen LogP contribution in [0.2, 0.25) is 19.6 Å². The van der Waals surface area contributed by atoms with Crippen LogP contribution in [0.1, 0.15) is 70.0 Å². The van der Waals surface area contributed by atoms with Gasteiger partial charge in [0.15, 0.2) is 0 Å². The maximum absolute atomic E-state index is 14.6. The topological polar surface area (TPSA) is 220 Å². The second kappa shape index (κ2) is 20.2. The number of allylic oxidation sites excluding steroid dienone is 2. The fourth-order valence-electron chi connectivity index (χ4n) is 8.70. The average molecular weight is 933 g/mol. The SMILES string of the molecule is CO[C@H]1/C=C/O[C@@]2(C)Oc3c(C)c([O-])c4c(O)c(c(/C=N/N5CC[N+](C)(CC#C[Si](C)(C)C)CC5)c(O)c4c3C2=O)NC(=O)/C(C)=C\C=C\[C@H](C)C(O)[C@@H](C)[C@@H](O)[C@@H](C)[C@H](OC(C)=O)[C@@H]1C. The number of Topliss-reactive ketones (excluding diaryl/α,β-unsaturated/α-hetero) is 1. The van der Waals surface area contributed by atoms with Gasteiger partial charge >= 0.3 is 11.8 Å². The van der Waals surface area contributed by atoms with Gasteiger partial charge in [0.2, 0.25) is 0 Å². The quantitative estimate of drug-likeness (QED) is 0.0502. The van der Waals surface area contributed by atoms with Gasteiger partial charge in [0.05, 0.1) is 80.8 Å². The smallest absolute Gasteiger partial charge is 0.312 e. The average Bonchev–Trinajstić information content (AvgIpc) is 3.51. The number of anilines is 1. The Morgan fingerprint density at radius 2 is 1.70 bits per heavy atom. The number of likely N-dealkylation sites (N-methyl/N-ethyl adjacent to an activating group) is 1. The number of methoxy groups -OCH3 is 1. The molecule has 4 heterocycles. The van der Waals surface area contributed by atoms with Crippen molar-refractivity contribution in [2.45, 2.75) is 105 Å². The van der Waals surface area contributed by atoms with Gasteiger partial charge in [-0.25, -0.2) is 0 Å². The first-order chi connectivity index (χ1) is 30.8. The summed E-state index contributed by atoms with van der Waals surface area (Å²) >= 11 is 0. The van der Waals surface area contributed by atoms with E-state index in [9.17, 15) is 39.9 Å². The van der Waals surface area contributed by atoms with Crippen LogP contribution in [0, 0.1) is 42.1 Å². The van der Waals surface area contributed by atoms with E-state index in [1.165, 1.54) is 59.4 Å². The number of aliphatic hydroxyl groups is 2. The first-order valence-corrected chi connectivity index (χ1v) is 25.9. The minimum atomic E-state index is -2.09. The molecule has 17 heteroatoms. The Hall–Kier alpha value is -5.38. The Morgan fingerprint density at radius 1 is 1.05 bits per heavy atom. The van der Waals surface area contributed by atoms with Crippen molar-refractivity contribution in [2.24, 2.45) is 28.8 Å². The number of nitrogens with one attached hydrogen (secondary N) is 1. The van der Waals surface area contributed by atoms with Crippen LogP contribution in [0.4, 0.5) is 5.69 Å². The van der Waals surface area contributed by atoms with Crippen LogP contribution in [0.15, 0.2) is 41.2 Å². The van der Waals surface area contributed by atoms with Crippen LogP contribution >= 0.6 is 0 Å². The van der Waals surface area contributed by atoms with Gasteiger partial charge in [0, 0.05) is 61.0 Å². The molecule has 0 radical (unpaired) electrons. The molecule has 16 nitrogen and oxygen atoms in total. The molecule has 4 aliphatic rings. The third-order valence-corrected chi connectivity index (χ3v) is 14.0. The molecule has 0 aromatic heterocycles. The molecule has 2 aromatic carbocycles. The summed E-state index contributed by atoms with van der Waals surface area (Å²) in [5.74, 6) is -5.56. The van der Waals surface area contributed by atoms with Crippen molar-refractivity contribution in [3.8, 4) is 34.5 Å². The second-order valence-electron chi connectivity index (χ2n) is 19.6. The summed E-state index contributed by atoms with van der Waals surface area (Å²) in [6.07, 6.45) is 4.77. The van der Waals surface area contributed by atoms with Crippen LogP contribution < -0.4 is 15.2 Å². The van der Waals surface area contributed by atoms with Gasteiger partial charge in [-0.1, -0.05) is 77.2 Å². The number of rotatable bonds is 5. The number of fused-ring (bicyclic) bond motifs is 14. The molecule has 4 aliphatic heterocycles. The van der Waals surface area contributed by atoms with E-state index in [4.69, 9.17) is 18.9 Å². The van der Waals surface area contributed by atoms with Gasteiger partial charge in [0.25, 0.3) is 11.7 Å². The zero-order valence-electron chi connectivity index (χ0n) is 40.5. The summed E-state index contributed by atoms with van der Waals surface area (Å²) in [5, 5.41) is 69.9. The number of ether oxygens (including phenoxy) is 4. The lowest BCUT2D eigenvalue weighted by Crippen LogP contribution is -2.56. The summed E-state index contributed by atoms with van der Waals surface area (Å²) in [4.78, 5) is 40.9. The van der Waals surface area contributed by atoms with Crippen molar-refractivity contribution in [1.82, 2.24) is 5.01 Å². The summed E-state index contributed by atoms with van der Waals surface area (Å²) in [5.41, 5.74) is 2.83. The van der Waals surface area contributed by atoms with Crippen molar-refractivity contribution < 1.29 is 63.3 Å². The third kappa shape index (κ3) is 10.9. The van der Waals surface area contributed by atoms with Crippen molar-refractivity contribution in [3.63, 3.8) is 0 Å². The fraction of sp³-hybridized carbons (Fsp3) is 0.551. The van der Waals surface area contributed by atoms with Gasteiger partial charge < -0.3 is 54.3 Å². The van der Waals surface area contributed by atoms with E-state index in [1.54, 1.807) is 44.9 Å². The predicted molar refractivity (Wildman–Crippen MR) is 253 cm³/mol. The molecule has 9 atom stereocenters. The Kier molecular flexibility index (Phi) is 15.8. The number of phenolic OH excluding ortho intramolecular Hbond substituents is 2. The van der Waals surface area contributed by atoms with Gasteiger partial charge in [-0.05, 0) is 25.5 Å². The van der Waals surface area contributed by atoms with Gasteiger partial charge in [-0.15, -0.1) is 5.54 Å². The van der Waals surface area contributed by atoms with E-state index in [1.807, 2.05) is 0 Å². The molecule has 6 rings (SSSR count). The van der Waals surface area contributed by atoms with Crippen molar-refractivity contribution in [2.75, 3.05) is 52.2 Å². The maximum atomic E-state index is 14.6. The van der Waals surface area contributed by atoms with E-state index in [2.05, 4.69) is 48.6 Å². The zero-order valence-corrected chi connectivity index (χ0v) is 41.5. The standard InChI is InChI=1S/C49H68N4O12Si/c1-27-16-14-17-28(2)48(61)51-39-34(26-50-52-19-22-53(9,23-20-52)21-15-25-66(11,12)13)43(58)36-37(44(39)59)42(57)32(6)46-38(36)47(60)49(8,65-46)63-24-18-35(62-10)29(3)45(64-33(7)54)31(5)41(56)30(4)40(27)55/h14,16-18,24,26-27,29-31,35,40-41,45,55-56H,19-23H2,1-13H3,(H3-,50,51,57,58,59,60,61)/b16-14+,24-18+,28-17-/t27-,29+,30+,31+,35-,40?,41+,45+,49-/m0/s1. The monoisotopic (exact) mass is 932 g/mol. The third-order valence-electron chi connectivity index (χ3n) is 13.1. The molecule has 360 valence electrons. The zero-order chi connectivity index (χ0) is 49.2. The van der Waals surface area contributed by atoms with Gasteiger partial charge in [-0.3, -0.25) is 19.4 Å². The number of esters is 1. The highest BCUT2D eigenvalue weighted by atomic mass is 28.3. The molecule has 0 spiro atoms. The number of carbonyl (C=O) groups excluding carboxylic acids is 3. The first-order valence-electron chi connectivity index (χ1n) is 22.4. The minimum absolute atomic E-state index is 0.0583. The van der Waals surface area contributed by atoms with Crippen LogP contribution in [-0.2, 0) is 23.8 Å². The summed E-state index contributed by atoms with van der Waals surface area (Å²) in [6.45, 7) is 22.3. The molecule has 5 N–H and O–H groups in total. The molecule has 5 bridgehead atoms. The number of quaternary nitrogens is 1. The molecule has 1 unspecified atom stereocenters. The van der Waals surface area contributed by atoms with Crippen LogP contribution in [0.25, 0.3) is 10.8 Å². The van der Waals surface area contributed by atoms with Crippen LogP contribution in [-0.4, -0.2) is 139 Å². The molecule has 1 amide bonds. The van der Waals surface area contributed by atoms with Crippen molar-refractivity contribution in [3.05, 3.63) is 52.8 Å². The van der Waals surface area contributed by atoms with Crippen LogP contribution in [0.3, 0.4) is 0 Å². The van der Waals surface area contributed by atoms with Gasteiger partial charge in [-0.2, -0.15) is 5.10 Å². The largest absolute Gasteiger partial charge is 0.872 e. The molecule has 1 fully saturated rings. The lowest BCUT2D eigenvalue weighted by Gasteiger charge is -2.39. The highest BCUT2D eigenvalue weighted by molar-refractivity contribution is 6.83.